The first-order valence-electron chi connectivity index (χ1n) is 14.0. The minimum atomic E-state index is -1.03. The molecular weight excluding hydrogens is 484 g/mol. The second kappa shape index (κ2) is 12.8. The third-order valence-corrected chi connectivity index (χ3v) is 9.18. The topological polar surface area (TPSA) is 0 Å². The summed E-state index contributed by atoms with van der Waals surface area (Å²) in [7, 11) is 0. The van der Waals surface area contributed by atoms with Gasteiger partial charge in [0, 0.05) is 0 Å². The van der Waals surface area contributed by atoms with Gasteiger partial charge in [0.1, 0.15) is 28.3 Å². The molecule has 2 aliphatic rings. The molecule has 0 aliphatic heterocycles. The Bertz CT molecular complexity index is 958. The molecule has 5 heteroatoms. The highest BCUT2D eigenvalue weighted by atomic mass is 35.5. The van der Waals surface area contributed by atoms with E-state index in [1.54, 1.807) is 0 Å². The summed E-state index contributed by atoms with van der Waals surface area (Å²) in [4.78, 5) is 0. The highest BCUT2D eigenvalue weighted by Crippen LogP contribution is 2.42. The Labute approximate surface area is 218 Å². The average molecular weight is 523 g/mol. The molecule has 0 unspecified atom stereocenters. The first kappa shape index (κ1) is 27.5. The van der Waals surface area contributed by atoms with Gasteiger partial charge in [0.2, 0.25) is 0 Å². The van der Waals surface area contributed by atoms with Crippen molar-refractivity contribution in [2.75, 3.05) is 0 Å². The van der Waals surface area contributed by atoms with Gasteiger partial charge in [-0.2, -0.15) is 0 Å². The molecule has 0 spiro atoms. The van der Waals surface area contributed by atoms with E-state index in [1.807, 2.05) is 0 Å². The Balaban J connectivity index is 1.27. The summed E-state index contributed by atoms with van der Waals surface area (Å²) < 4.78 is 57.5. The average Bonchev–Trinajstić information content (AvgIpc) is 2.87. The van der Waals surface area contributed by atoms with Crippen LogP contribution in [0.2, 0.25) is 5.02 Å². The van der Waals surface area contributed by atoms with E-state index < -0.39 is 33.9 Å². The van der Waals surface area contributed by atoms with Gasteiger partial charge in [-0.25, -0.2) is 17.6 Å². The lowest BCUT2D eigenvalue weighted by Gasteiger charge is -2.32. The molecule has 0 amide bonds. The Morgan fingerprint density at radius 2 is 1.11 bits per heavy atom. The minimum absolute atomic E-state index is 0.122. The molecule has 0 atom stereocenters. The second-order valence-corrected chi connectivity index (χ2v) is 11.7. The van der Waals surface area contributed by atoms with Crippen LogP contribution in [0.1, 0.15) is 108 Å². The van der Waals surface area contributed by atoms with Crippen molar-refractivity contribution in [2.24, 2.45) is 17.8 Å². The zero-order valence-electron chi connectivity index (χ0n) is 21.4. The van der Waals surface area contributed by atoms with Crippen LogP contribution >= 0.6 is 11.6 Å². The third kappa shape index (κ3) is 6.85. The molecule has 36 heavy (non-hydrogen) atoms. The van der Waals surface area contributed by atoms with Crippen LogP contribution in [0, 0.1) is 41.0 Å². The SMILES string of the molecule is CCCCC[C@H]1CC[C@H](CCC2CCC(c3cc(F)c(-c4cc(F)c(Cl)c(F)c4)c(F)c3)CC2)CC1. The lowest BCUT2D eigenvalue weighted by Crippen LogP contribution is -2.18. The number of rotatable bonds is 9. The minimum Gasteiger partial charge on any atom is -0.206 e. The van der Waals surface area contributed by atoms with E-state index in [-0.39, 0.29) is 11.5 Å². The van der Waals surface area contributed by atoms with Crippen LogP contribution in [0.4, 0.5) is 17.6 Å². The number of hydrogen-bond donors (Lipinski definition) is 0. The summed E-state index contributed by atoms with van der Waals surface area (Å²) in [6.07, 6.45) is 17.7. The molecule has 0 radical (unpaired) electrons. The van der Waals surface area contributed by atoms with Gasteiger partial charge < -0.3 is 0 Å². The van der Waals surface area contributed by atoms with Crippen molar-refractivity contribution in [3.63, 3.8) is 0 Å². The molecule has 2 aromatic carbocycles. The summed E-state index contributed by atoms with van der Waals surface area (Å²) >= 11 is 5.51. The Morgan fingerprint density at radius 1 is 0.639 bits per heavy atom. The van der Waals surface area contributed by atoms with Gasteiger partial charge >= 0.3 is 0 Å². The van der Waals surface area contributed by atoms with Gasteiger partial charge in [-0.15, -0.1) is 0 Å². The quantitative estimate of drug-likeness (QED) is 0.174. The lowest BCUT2D eigenvalue weighted by atomic mass is 9.74. The fourth-order valence-electron chi connectivity index (χ4n) is 6.55. The summed E-state index contributed by atoms with van der Waals surface area (Å²) in [6.45, 7) is 2.27. The maximum Gasteiger partial charge on any atom is 0.145 e. The molecular formula is C31H39ClF4. The third-order valence-electron chi connectivity index (χ3n) is 8.82. The molecule has 0 saturated heterocycles. The smallest absolute Gasteiger partial charge is 0.145 e. The second-order valence-electron chi connectivity index (χ2n) is 11.3. The van der Waals surface area contributed by atoms with Gasteiger partial charge in [-0.3, -0.25) is 0 Å². The Hall–Kier alpha value is -1.55. The number of benzene rings is 2. The van der Waals surface area contributed by atoms with Crippen LogP contribution in [0.25, 0.3) is 11.1 Å². The maximum atomic E-state index is 14.9. The zero-order chi connectivity index (χ0) is 25.7. The molecule has 0 heterocycles. The first-order chi connectivity index (χ1) is 17.4. The molecule has 0 nitrogen and oxygen atoms in total. The van der Waals surface area contributed by atoms with E-state index in [1.165, 1.54) is 76.3 Å². The maximum absolute atomic E-state index is 14.9. The standard InChI is InChI=1S/C31H39ClF4/c1-2-3-4-5-20-6-8-21(9-7-20)10-11-22-12-14-23(15-13-22)24-16-26(33)30(27(34)17-24)25-18-28(35)31(32)29(36)19-25/h16-23H,2-15H2,1H3/t20-,21-,22?,23?. The van der Waals surface area contributed by atoms with Crippen molar-refractivity contribution in [3.8, 4) is 11.1 Å². The predicted octanol–water partition coefficient (Wildman–Crippen LogP) is 11.0. The molecule has 0 aromatic heterocycles. The van der Waals surface area contributed by atoms with Crippen LogP contribution in [0.15, 0.2) is 24.3 Å². The van der Waals surface area contributed by atoms with Gasteiger partial charge in [0.15, 0.2) is 0 Å². The van der Waals surface area contributed by atoms with Gasteiger partial charge in [0.25, 0.3) is 0 Å². The van der Waals surface area contributed by atoms with E-state index in [0.29, 0.717) is 11.5 Å². The highest BCUT2D eigenvalue weighted by Gasteiger charge is 2.27. The van der Waals surface area contributed by atoms with E-state index >= 15 is 0 Å². The van der Waals surface area contributed by atoms with Crippen molar-refractivity contribution in [1.82, 2.24) is 0 Å². The van der Waals surface area contributed by atoms with Crippen LogP contribution in [0.3, 0.4) is 0 Å². The van der Waals surface area contributed by atoms with Crippen molar-refractivity contribution in [3.05, 3.63) is 58.1 Å². The monoisotopic (exact) mass is 522 g/mol. The number of halogens is 5. The largest absolute Gasteiger partial charge is 0.206 e. The molecule has 2 aliphatic carbocycles. The van der Waals surface area contributed by atoms with Crippen molar-refractivity contribution in [1.29, 1.82) is 0 Å². The summed E-state index contributed by atoms with van der Waals surface area (Å²) in [6, 6.07) is 4.42. The number of hydrogen-bond acceptors (Lipinski definition) is 0. The molecule has 2 aromatic rings. The van der Waals surface area contributed by atoms with Gasteiger partial charge in [-0.05, 0) is 84.7 Å². The van der Waals surface area contributed by atoms with E-state index in [9.17, 15) is 17.6 Å². The Kier molecular flexibility index (Phi) is 9.77. The first-order valence-corrected chi connectivity index (χ1v) is 14.4. The highest BCUT2D eigenvalue weighted by molar-refractivity contribution is 6.31. The zero-order valence-corrected chi connectivity index (χ0v) is 22.2. The van der Waals surface area contributed by atoms with Crippen LogP contribution < -0.4 is 0 Å². The van der Waals surface area contributed by atoms with Crippen molar-refractivity contribution < 1.29 is 17.6 Å². The molecule has 2 fully saturated rings. The number of unbranched alkanes of at least 4 members (excludes halogenated alkanes) is 2. The lowest BCUT2D eigenvalue weighted by molar-refractivity contribution is 0.222. The molecule has 0 bridgehead atoms. The van der Waals surface area contributed by atoms with Crippen LogP contribution in [-0.2, 0) is 0 Å². The molecule has 0 N–H and O–H groups in total. The van der Waals surface area contributed by atoms with Gasteiger partial charge in [-0.1, -0.05) is 82.7 Å². The van der Waals surface area contributed by atoms with Crippen molar-refractivity contribution in [2.45, 2.75) is 103 Å². The van der Waals surface area contributed by atoms with E-state index in [4.69, 9.17) is 11.6 Å². The fraction of sp³-hybridized carbons (Fsp3) is 0.613. The molecule has 198 valence electrons. The van der Waals surface area contributed by atoms with Crippen LogP contribution in [-0.4, -0.2) is 0 Å². The summed E-state index contributed by atoms with van der Waals surface area (Å²) in [5, 5.41) is -0.678. The molecule has 4 rings (SSSR count). The Morgan fingerprint density at radius 3 is 1.61 bits per heavy atom. The molecule has 2 saturated carbocycles. The fourth-order valence-corrected chi connectivity index (χ4v) is 6.66. The summed E-state index contributed by atoms with van der Waals surface area (Å²) in [5.41, 5.74) is 0.0418. The van der Waals surface area contributed by atoms with E-state index in [0.717, 1.165) is 49.7 Å². The van der Waals surface area contributed by atoms with Gasteiger partial charge in [0.05, 0.1) is 5.56 Å². The van der Waals surface area contributed by atoms with Crippen molar-refractivity contribution >= 4 is 11.6 Å². The normalized spacial score (nSPS) is 24.7. The van der Waals surface area contributed by atoms with E-state index in [2.05, 4.69) is 6.92 Å². The predicted molar refractivity (Wildman–Crippen MR) is 140 cm³/mol. The van der Waals surface area contributed by atoms with Crippen LogP contribution in [0.5, 0.6) is 0 Å². The summed E-state index contributed by atoms with van der Waals surface area (Å²) in [5.74, 6) is -0.997.